The summed E-state index contributed by atoms with van der Waals surface area (Å²) in [7, 11) is 0. The van der Waals surface area contributed by atoms with Crippen molar-refractivity contribution < 1.29 is 0 Å². The van der Waals surface area contributed by atoms with E-state index in [0.717, 1.165) is 29.7 Å². The van der Waals surface area contributed by atoms with Crippen LogP contribution >= 0.6 is 0 Å². The highest BCUT2D eigenvalue weighted by Crippen LogP contribution is 2.28. The molecule has 0 aliphatic rings. The summed E-state index contributed by atoms with van der Waals surface area (Å²) in [6.45, 7) is 4.23. The lowest BCUT2D eigenvalue weighted by Gasteiger charge is -2.03. The van der Waals surface area contributed by atoms with Gasteiger partial charge in [0.15, 0.2) is 5.82 Å². The van der Waals surface area contributed by atoms with E-state index in [1.165, 1.54) is 5.56 Å². The number of H-pyrrole nitrogens is 1. The third-order valence-corrected chi connectivity index (χ3v) is 2.71. The van der Waals surface area contributed by atoms with E-state index in [1.54, 1.807) is 0 Å². The van der Waals surface area contributed by atoms with Crippen LogP contribution in [0.3, 0.4) is 0 Å². The molecular weight excluding hydrogens is 198 g/mol. The number of nitrogen functional groups attached to an aromatic ring is 1. The van der Waals surface area contributed by atoms with Gasteiger partial charge in [0, 0.05) is 11.3 Å². The molecule has 3 N–H and O–H groups in total. The first-order valence-corrected chi connectivity index (χ1v) is 5.62. The van der Waals surface area contributed by atoms with Crippen LogP contribution in [0.2, 0.25) is 0 Å². The van der Waals surface area contributed by atoms with Crippen molar-refractivity contribution in [3.05, 3.63) is 35.5 Å². The van der Waals surface area contributed by atoms with Gasteiger partial charge in [-0.3, -0.25) is 5.10 Å². The van der Waals surface area contributed by atoms with Crippen molar-refractivity contribution in [2.75, 3.05) is 5.73 Å². The molecule has 3 nitrogen and oxygen atoms in total. The van der Waals surface area contributed by atoms with Gasteiger partial charge in [-0.2, -0.15) is 5.10 Å². The van der Waals surface area contributed by atoms with Crippen molar-refractivity contribution in [3.63, 3.8) is 0 Å². The van der Waals surface area contributed by atoms with Crippen LogP contribution in [0.15, 0.2) is 24.3 Å². The maximum atomic E-state index is 5.90. The molecule has 0 spiro atoms. The Morgan fingerprint density at radius 2 is 1.94 bits per heavy atom. The summed E-state index contributed by atoms with van der Waals surface area (Å²) in [6.07, 6.45) is 2.06. The van der Waals surface area contributed by atoms with E-state index < -0.39 is 0 Å². The lowest BCUT2D eigenvalue weighted by atomic mass is 10.0. The Hall–Kier alpha value is -1.77. The molecule has 0 amide bonds. The van der Waals surface area contributed by atoms with Gasteiger partial charge in [-0.15, -0.1) is 0 Å². The Bertz CT molecular complexity index is 468. The lowest BCUT2D eigenvalue weighted by molar-refractivity contribution is 0.869. The minimum Gasteiger partial charge on any atom is -0.382 e. The van der Waals surface area contributed by atoms with Crippen LogP contribution in [0.25, 0.3) is 11.1 Å². The molecule has 0 unspecified atom stereocenters. The number of rotatable bonds is 3. The maximum Gasteiger partial charge on any atom is 0.153 e. The van der Waals surface area contributed by atoms with Gasteiger partial charge in [-0.05, 0) is 18.9 Å². The fourth-order valence-corrected chi connectivity index (χ4v) is 1.87. The Morgan fingerprint density at radius 1 is 1.25 bits per heavy atom. The van der Waals surface area contributed by atoms with E-state index in [0.29, 0.717) is 5.82 Å². The molecule has 84 valence electrons. The molecule has 16 heavy (non-hydrogen) atoms. The Kier molecular flexibility index (Phi) is 2.95. The Labute approximate surface area is 95.7 Å². The summed E-state index contributed by atoms with van der Waals surface area (Å²) < 4.78 is 0. The van der Waals surface area contributed by atoms with Gasteiger partial charge in [0.25, 0.3) is 0 Å². The van der Waals surface area contributed by atoms with E-state index in [2.05, 4.69) is 48.3 Å². The molecule has 2 aromatic rings. The lowest BCUT2D eigenvalue weighted by Crippen LogP contribution is -1.91. The molecule has 3 heteroatoms. The summed E-state index contributed by atoms with van der Waals surface area (Å²) in [6, 6.07) is 8.38. The predicted molar refractivity (Wildman–Crippen MR) is 67.2 cm³/mol. The number of hydrogen-bond donors (Lipinski definition) is 2. The third-order valence-electron chi connectivity index (χ3n) is 2.71. The van der Waals surface area contributed by atoms with Gasteiger partial charge in [-0.25, -0.2) is 0 Å². The van der Waals surface area contributed by atoms with E-state index in [9.17, 15) is 0 Å². The molecule has 0 fully saturated rings. The van der Waals surface area contributed by atoms with Crippen molar-refractivity contribution in [1.29, 1.82) is 0 Å². The average molecular weight is 215 g/mol. The Morgan fingerprint density at radius 3 is 2.56 bits per heavy atom. The van der Waals surface area contributed by atoms with Crippen LogP contribution < -0.4 is 5.73 Å². The van der Waals surface area contributed by atoms with E-state index in [-0.39, 0.29) is 0 Å². The minimum atomic E-state index is 0.590. The standard InChI is InChI=1S/C13H17N3/c1-3-4-11-12(13(14)16-15-11)10-7-5-9(2)6-8-10/h5-8H,3-4H2,1-2H3,(H3,14,15,16). The van der Waals surface area contributed by atoms with Crippen LogP contribution in [-0.2, 0) is 6.42 Å². The van der Waals surface area contributed by atoms with Gasteiger partial charge < -0.3 is 5.73 Å². The molecular formula is C13H17N3. The van der Waals surface area contributed by atoms with Gasteiger partial charge in [0.2, 0.25) is 0 Å². The van der Waals surface area contributed by atoms with Gasteiger partial charge in [0.1, 0.15) is 0 Å². The molecule has 0 aliphatic heterocycles. The number of aromatic nitrogens is 2. The number of nitrogens with zero attached hydrogens (tertiary/aromatic N) is 1. The number of nitrogens with one attached hydrogen (secondary N) is 1. The topological polar surface area (TPSA) is 54.7 Å². The number of anilines is 1. The largest absolute Gasteiger partial charge is 0.382 e. The molecule has 1 heterocycles. The van der Waals surface area contributed by atoms with Crippen LogP contribution in [0.5, 0.6) is 0 Å². The first-order valence-electron chi connectivity index (χ1n) is 5.62. The normalized spacial score (nSPS) is 10.6. The zero-order valence-electron chi connectivity index (χ0n) is 9.75. The zero-order valence-corrected chi connectivity index (χ0v) is 9.75. The van der Waals surface area contributed by atoms with E-state index in [1.807, 2.05) is 0 Å². The van der Waals surface area contributed by atoms with E-state index >= 15 is 0 Å². The fourth-order valence-electron chi connectivity index (χ4n) is 1.87. The number of benzene rings is 1. The van der Waals surface area contributed by atoms with Gasteiger partial charge in [-0.1, -0.05) is 43.2 Å². The van der Waals surface area contributed by atoms with Crippen molar-refractivity contribution in [2.45, 2.75) is 26.7 Å². The van der Waals surface area contributed by atoms with Gasteiger partial charge in [0.05, 0.1) is 0 Å². The molecule has 1 aromatic carbocycles. The number of hydrogen-bond acceptors (Lipinski definition) is 2. The summed E-state index contributed by atoms with van der Waals surface area (Å²) >= 11 is 0. The van der Waals surface area contributed by atoms with E-state index in [4.69, 9.17) is 5.73 Å². The second kappa shape index (κ2) is 4.39. The summed E-state index contributed by atoms with van der Waals surface area (Å²) in [5.74, 6) is 0.590. The van der Waals surface area contributed by atoms with Crippen LogP contribution in [0.4, 0.5) is 5.82 Å². The second-order valence-electron chi connectivity index (χ2n) is 4.08. The highest BCUT2D eigenvalue weighted by Gasteiger charge is 2.11. The van der Waals surface area contributed by atoms with Crippen LogP contribution in [0.1, 0.15) is 24.6 Å². The fraction of sp³-hybridized carbons (Fsp3) is 0.308. The quantitative estimate of drug-likeness (QED) is 0.827. The molecule has 0 saturated heterocycles. The molecule has 2 rings (SSSR count). The van der Waals surface area contributed by atoms with Crippen LogP contribution in [-0.4, -0.2) is 10.2 Å². The second-order valence-corrected chi connectivity index (χ2v) is 4.08. The highest BCUT2D eigenvalue weighted by molar-refractivity contribution is 5.76. The molecule has 0 radical (unpaired) electrons. The summed E-state index contributed by atoms with van der Waals surface area (Å²) in [5.41, 5.74) is 10.5. The molecule has 0 aliphatic carbocycles. The van der Waals surface area contributed by atoms with Crippen molar-refractivity contribution in [3.8, 4) is 11.1 Å². The number of nitrogens with two attached hydrogens (primary N) is 1. The summed E-state index contributed by atoms with van der Waals surface area (Å²) in [4.78, 5) is 0. The minimum absolute atomic E-state index is 0.590. The molecule has 0 atom stereocenters. The first kappa shape index (κ1) is 10.7. The zero-order chi connectivity index (χ0) is 11.5. The maximum absolute atomic E-state index is 5.90. The Balaban J connectivity index is 2.45. The molecule has 0 bridgehead atoms. The smallest absolute Gasteiger partial charge is 0.153 e. The highest BCUT2D eigenvalue weighted by atomic mass is 15.2. The summed E-state index contributed by atoms with van der Waals surface area (Å²) in [5, 5.41) is 7.10. The number of aryl methyl sites for hydroxylation is 2. The van der Waals surface area contributed by atoms with Gasteiger partial charge >= 0.3 is 0 Å². The monoisotopic (exact) mass is 215 g/mol. The van der Waals surface area contributed by atoms with Crippen LogP contribution in [0, 0.1) is 6.92 Å². The van der Waals surface area contributed by atoms with Crippen molar-refractivity contribution in [1.82, 2.24) is 10.2 Å². The van der Waals surface area contributed by atoms with Crippen molar-refractivity contribution >= 4 is 5.82 Å². The number of aromatic amines is 1. The molecule has 1 aromatic heterocycles. The van der Waals surface area contributed by atoms with Crippen molar-refractivity contribution in [2.24, 2.45) is 0 Å². The first-order chi connectivity index (χ1) is 7.72. The third kappa shape index (κ3) is 1.94. The average Bonchev–Trinajstić information content (AvgIpc) is 2.62. The predicted octanol–water partition coefficient (Wildman–Crippen LogP) is 2.92. The SMILES string of the molecule is CCCc1[nH]nc(N)c1-c1ccc(C)cc1. The molecule has 0 saturated carbocycles.